The molecule has 0 saturated carbocycles. The third-order valence-electron chi connectivity index (χ3n) is 0. The van der Waals surface area contributed by atoms with Crippen molar-refractivity contribution in [2.45, 2.75) is 0 Å². The van der Waals surface area contributed by atoms with E-state index in [1.165, 1.54) is 0 Å². The van der Waals surface area contributed by atoms with Crippen LogP contribution in [-0.4, -0.2) is 31.8 Å². The minimum atomic E-state index is -4.17. The van der Waals surface area contributed by atoms with Crippen LogP contribution in [-0.2, 0) is 10.3 Å². The van der Waals surface area contributed by atoms with E-state index in [0.29, 0.717) is 0 Å². The fourth-order valence-corrected chi connectivity index (χ4v) is 0. The summed E-state index contributed by atoms with van der Waals surface area (Å²) >= 11 is 0. The molecule has 0 rings (SSSR count). The summed E-state index contributed by atoms with van der Waals surface area (Å²) in [7, 11) is -4.17. The molecule has 6 heteroatoms. The quantitative estimate of drug-likeness (QED) is 0.286. The molecule has 0 saturated heterocycles. The molecule has 0 atom stereocenters. The normalized spacial score (nSPS) is 9.67. The van der Waals surface area contributed by atoms with E-state index in [4.69, 9.17) is 13.0 Å². The van der Waals surface area contributed by atoms with Gasteiger partial charge in [0, 0.05) is 18.9 Å². The SMILES string of the molecule is NS(=O)(=O)O.[Li]. The summed E-state index contributed by atoms with van der Waals surface area (Å²) in [6.07, 6.45) is 0. The monoisotopic (exact) mass is 104 g/mol. The molecule has 0 aliphatic heterocycles. The third kappa shape index (κ3) is 246. The van der Waals surface area contributed by atoms with Gasteiger partial charge in [-0.15, -0.1) is 0 Å². The van der Waals surface area contributed by atoms with Crippen molar-refractivity contribution in [1.82, 2.24) is 0 Å². The second-order valence-corrected chi connectivity index (χ2v) is 1.54. The second kappa shape index (κ2) is 2.61. The van der Waals surface area contributed by atoms with Crippen molar-refractivity contribution in [3.63, 3.8) is 0 Å². The molecule has 0 aromatic heterocycles. The van der Waals surface area contributed by atoms with Gasteiger partial charge in [0.15, 0.2) is 0 Å². The van der Waals surface area contributed by atoms with E-state index in [-0.39, 0.29) is 18.9 Å². The maximum absolute atomic E-state index is 8.97. The molecule has 0 aliphatic rings. The predicted molar refractivity (Wildman–Crippen MR) is 21.5 cm³/mol. The number of rotatable bonds is 0. The molecule has 6 heavy (non-hydrogen) atoms. The Balaban J connectivity index is 0. The van der Waals surface area contributed by atoms with Gasteiger partial charge in [0.05, 0.1) is 0 Å². The Hall–Kier alpha value is 0.467. The van der Waals surface area contributed by atoms with Crippen LogP contribution in [0.15, 0.2) is 0 Å². The first-order chi connectivity index (χ1) is 2.00. The zero-order chi connectivity index (χ0) is 4.50. The second-order valence-electron chi connectivity index (χ2n) is 0.515. The smallest absolute Gasteiger partial charge is 0.274 e. The van der Waals surface area contributed by atoms with Crippen LogP contribution in [0.5, 0.6) is 0 Å². The summed E-state index contributed by atoms with van der Waals surface area (Å²) in [6, 6.07) is 0. The molecule has 0 fully saturated rings. The third-order valence-corrected chi connectivity index (χ3v) is 0. The van der Waals surface area contributed by atoms with Crippen LogP contribution in [0.3, 0.4) is 0 Å². The fraction of sp³-hybridized carbons (Fsp3) is 0. The number of hydrogen-bond donors (Lipinski definition) is 2. The molecule has 1 radical (unpaired) electrons. The topological polar surface area (TPSA) is 80.4 Å². The summed E-state index contributed by atoms with van der Waals surface area (Å²) < 4.78 is 25.2. The molecule has 0 aliphatic carbocycles. The van der Waals surface area contributed by atoms with Gasteiger partial charge in [-0.2, -0.15) is 8.42 Å². The average Bonchev–Trinajstić information content (AvgIpc) is 0.722. The first kappa shape index (κ1) is 9.69. The molecule has 0 heterocycles. The van der Waals surface area contributed by atoms with Crippen LogP contribution in [0, 0.1) is 0 Å². The summed E-state index contributed by atoms with van der Waals surface area (Å²) in [4.78, 5) is 0. The summed E-state index contributed by atoms with van der Waals surface area (Å²) in [5.41, 5.74) is 0. The minimum absolute atomic E-state index is 0. The van der Waals surface area contributed by atoms with Crippen molar-refractivity contribution >= 4 is 29.2 Å². The van der Waals surface area contributed by atoms with Gasteiger partial charge in [0.1, 0.15) is 0 Å². The first-order valence-corrected chi connectivity index (χ1v) is 2.25. The largest absolute Gasteiger partial charge is 0.330 e. The van der Waals surface area contributed by atoms with Crippen LogP contribution >= 0.6 is 0 Å². The van der Waals surface area contributed by atoms with E-state index in [1.54, 1.807) is 0 Å². The average molecular weight is 104 g/mol. The van der Waals surface area contributed by atoms with Crippen molar-refractivity contribution in [1.29, 1.82) is 0 Å². The predicted octanol–water partition coefficient (Wildman–Crippen LogP) is -1.63. The van der Waals surface area contributed by atoms with Gasteiger partial charge >= 0.3 is 10.3 Å². The fourth-order valence-electron chi connectivity index (χ4n) is 0. The van der Waals surface area contributed by atoms with Crippen LogP contribution in [0.4, 0.5) is 0 Å². The Morgan fingerprint density at radius 1 is 1.50 bits per heavy atom. The van der Waals surface area contributed by atoms with Crippen molar-refractivity contribution in [2.24, 2.45) is 5.14 Å². The molecule has 0 amide bonds. The molecule has 4 nitrogen and oxygen atoms in total. The Labute approximate surface area is 47.8 Å². The molecule has 0 spiro atoms. The Morgan fingerprint density at radius 2 is 1.50 bits per heavy atom. The van der Waals surface area contributed by atoms with E-state index in [1.807, 2.05) is 0 Å². The molecular formula is H3LiNO3S. The van der Waals surface area contributed by atoms with E-state index in [0.717, 1.165) is 0 Å². The van der Waals surface area contributed by atoms with Crippen molar-refractivity contribution < 1.29 is 13.0 Å². The molecule has 0 aromatic carbocycles. The number of nitrogens with two attached hydrogens (primary N) is 1. The van der Waals surface area contributed by atoms with Crippen molar-refractivity contribution in [3.8, 4) is 0 Å². The van der Waals surface area contributed by atoms with Gasteiger partial charge in [-0.05, 0) is 0 Å². The van der Waals surface area contributed by atoms with Gasteiger partial charge < -0.3 is 0 Å². The zero-order valence-electron chi connectivity index (χ0n) is 3.25. The standard InChI is InChI=1S/Li.H3NO3S/c;1-5(2,3)4/h;(H3,1,2,3,4). The van der Waals surface area contributed by atoms with Crippen molar-refractivity contribution in [3.05, 3.63) is 0 Å². The molecule has 0 aromatic rings. The van der Waals surface area contributed by atoms with E-state index < -0.39 is 10.3 Å². The molecular weight excluding hydrogens is 101 g/mol. The van der Waals surface area contributed by atoms with Gasteiger partial charge in [-0.3, -0.25) is 4.55 Å². The van der Waals surface area contributed by atoms with Crippen LogP contribution in [0.25, 0.3) is 0 Å². The Morgan fingerprint density at radius 3 is 1.50 bits per heavy atom. The zero-order valence-corrected chi connectivity index (χ0v) is 4.07. The first-order valence-electron chi connectivity index (χ1n) is 0.752. The summed E-state index contributed by atoms with van der Waals surface area (Å²) in [6.45, 7) is 0. The van der Waals surface area contributed by atoms with Crippen LogP contribution in [0.2, 0.25) is 0 Å². The maximum atomic E-state index is 8.97. The summed E-state index contributed by atoms with van der Waals surface area (Å²) in [5.74, 6) is 0. The van der Waals surface area contributed by atoms with Gasteiger partial charge in [-0.25, -0.2) is 5.14 Å². The van der Waals surface area contributed by atoms with Crippen molar-refractivity contribution in [2.75, 3.05) is 0 Å². The molecule has 3 N–H and O–H groups in total. The van der Waals surface area contributed by atoms with Gasteiger partial charge in [0.2, 0.25) is 0 Å². The molecule has 0 unspecified atom stereocenters. The Bertz CT molecular complexity index is 94.0. The van der Waals surface area contributed by atoms with Crippen LogP contribution < -0.4 is 5.14 Å². The maximum Gasteiger partial charge on any atom is 0.330 e. The van der Waals surface area contributed by atoms with E-state index >= 15 is 0 Å². The van der Waals surface area contributed by atoms with Gasteiger partial charge in [-0.1, -0.05) is 0 Å². The minimum Gasteiger partial charge on any atom is -0.274 e. The summed E-state index contributed by atoms with van der Waals surface area (Å²) in [5, 5.41) is 3.88. The number of hydrogen-bond acceptors (Lipinski definition) is 2. The van der Waals surface area contributed by atoms with Gasteiger partial charge in [0.25, 0.3) is 0 Å². The van der Waals surface area contributed by atoms with Crippen LogP contribution in [0.1, 0.15) is 0 Å². The molecule has 33 valence electrons. The van der Waals surface area contributed by atoms with E-state index in [2.05, 4.69) is 5.14 Å². The Kier molecular flexibility index (Phi) is 4.21. The molecule has 0 bridgehead atoms. The van der Waals surface area contributed by atoms with E-state index in [9.17, 15) is 0 Å².